The Morgan fingerprint density at radius 3 is 2.34 bits per heavy atom. The summed E-state index contributed by atoms with van der Waals surface area (Å²) in [5.74, 6) is -1.37. The average Bonchev–Trinajstić information content (AvgIpc) is 2.77. The minimum atomic E-state index is -0.855. The maximum Gasteiger partial charge on any atom is 0.328 e. The molecule has 0 radical (unpaired) electrons. The van der Waals surface area contributed by atoms with Crippen LogP contribution >= 0.6 is 0 Å². The molecule has 2 N–H and O–H groups in total. The van der Waals surface area contributed by atoms with Gasteiger partial charge in [-0.05, 0) is 28.5 Å². The zero-order valence-corrected chi connectivity index (χ0v) is 16.1. The Bertz CT molecular complexity index is 1010. The van der Waals surface area contributed by atoms with Crippen LogP contribution in [0, 0.1) is 0 Å². The largest absolute Gasteiger partial charge is 0.467 e. The number of esters is 1. The standard InChI is InChI=1S/C23H22N2O4/c1-29-23(28)20(14-18-12-7-11-16-8-5-6-13-19(16)18)25-21(26)15-24-22(27)17-9-3-2-4-10-17/h2-13,20H,14-15H2,1H3,(H,24,27)(H,25,26)/t20-/m1/s1. The van der Waals surface area contributed by atoms with Crippen LogP contribution in [0.5, 0.6) is 0 Å². The van der Waals surface area contributed by atoms with Crippen molar-refractivity contribution in [1.82, 2.24) is 10.6 Å². The Labute approximate surface area is 168 Å². The number of nitrogens with one attached hydrogen (secondary N) is 2. The molecular formula is C23H22N2O4. The molecule has 0 unspecified atom stereocenters. The molecular weight excluding hydrogens is 368 g/mol. The van der Waals surface area contributed by atoms with E-state index in [9.17, 15) is 14.4 Å². The Balaban J connectivity index is 1.66. The van der Waals surface area contributed by atoms with Crippen molar-refractivity contribution >= 4 is 28.6 Å². The van der Waals surface area contributed by atoms with E-state index >= 15 is 0 Å². The lowest BCUT2D eigenvalue weighted by molar-refractivity contribution is -0.144. The summed E-state index contributed by atoms with van der Waals surface area (Å²) in [6.07, 6.45) is 0.284. The first-order chi connectivity index (χ1) is 14.1. The number of rotatable bonds is 7. The first-order valence-electron chi connectivity index (χ1n) is 9.25. The summed E-state index contributed by atoms with van der Waals surface area (Å²) < 4.78 is 4.85. The third kappa shape index (κ3) is 5.19. The van der Waals surface area contributed by atoms with E-state index in [0.29, 0.717) is 5.56 Å². The maximum absolute atomic E-state index is 12.3. The number of hydrogen-bond donors (Lipinski definition) is 2. The number of benzene rings is 3. The summed E-state index contributed by atoms with van der Waals surface area (Å²) in [6, 6.07) is 21.4. The van der Waals surface area contributed by atoms with Gasteiger partial charge < -0.3 is 15.4 Å². The van der Waals surface area contributed by atoms with Crippen LogP contribution in [0.1, 0.15) is 15.9 Å². The second-order valence-corrected chi connectivity index (χ2v) is 6.53. The number of methoxy groups -OCH3 is 1. The SMILES string of the molecule is COC(=O)[C@@H](Cc1cccc2ccccc12)NC(=O)CNC(=O)c1ccccc1. The molecule has 1 atom stereocenters. The highest BCUT2D eigenvalue weighted by molar-refractivity contribution is 5.97. The van der Waals surface area contributed by atoms with Gasteiger partial charge >= 0.3 is 5.97 Å². The third-order valence-electron chi connectivity index (χ3n) is 4.57. The Morgan fingerprint density at radius 1 is 0.897 bits per heavy atom. The minimum Gasteiger partial charge on any atom is -0.467 e. The van der Waals surface area contributed by atoms with Gasteiger partial charge in [0.1, 0.15) is 6.04 Å². The van der Waals surface area contributed by atoms with Crippen LogP contribution in [-0.4, -0.2) is 37.5 Å². The number of ether oxygens (including phenoxy) is 1. The molecule has 29 heavy (non-hydrogen) atoms. The molecule has 148 valence electrons. The Hall–Kier alpha value is -3.67. The molecule has 3 rings (SSSR count). The second kappa shape index (κ2) is 9.50. The average molecular weight is 390 g/mol. The molecule has 6 heteroatoms. The minimum absolute atomic E-state index is 0.239. The lowest BCUT2D eigenvalue weighted by Gasteiger charge is -2.18. The van der Waals surface area contributed by atoms with E-state index in [2.05, 4.69) is 10.6 Å². The summed E-state index contributed by atoms with van der Waals surface area (Å²) >= 11 is 0. The topological polar surface area (TPSA) is 84.5 Å². The molecule has 0 spiro atoms. The van der Waals surface area contributed by atoms with Crippen molar-refractivity contribution in [3.63, 3.8) is 0 Å². The smallest absolute Gasteiger partial charge is 0.328 e. The molecule has 0 aliphatic rings. The molecule has 0 aliphatic heterocycles. The fraction of sp³-hybridized carbons (Fsp3) is 0.174. The summed E-state index contributed by atoms with van der Waals surface area (Å²) in [5.41, 5.74) is 1.38. The van der Waals surface area contributed by atoms with E-state index in [0.717, 1.165) is 16.3 Å². The van der Waals surface area contributed by atoms with Crippen molar-refractivity contribution in [3.05, 3.63) is 83.9 Å². The van der Waals surface area contributed by atoms with Gasteiger partial charge in [0.25, 0.3) is 5.91 Å². The van der Waals surface area contributed by atoms with Crippen molar-refractivity contribution in [2.75, 3.05) is 13.7 Å². The van der Waals surface area contributed by atoms with Gasteiger partial charge in [0.15, 0.2) is 0 Å². The zero-order valence-electron chi connectivity index (χ0n) is 16.1. The Kier molecular flexibility index (Phi) is 6.58. The molecule has 0 saturated heterocycles. The van der Waals surface area contributed by atoms with E-state index in [-0.39, 0.29) is 18.9 Å². The number of amides is 2. The molecule has 6 nitrogen and oxygen atoms in total. The molecule has 0 fully saturated rings. The highest BCUT2D eigenvalue weighted by Crippen LogP contribution is 2.20. The van der Waals surface area contributed by atoms with Gasteiger partial charge in [-0.1, -0.05) is 60.7 Å². The van der Waals surface area contributed by atoms with Crippen LogP contribution in [-0.2, 0) is 20.7 Å². The highest BCUT2D eigenvalue weighted by atomic mass is 16.5. The molecule has 0 aliphatic carbocycles. The number of fused-ring (bicyclic) bond motifs is 1. The predicted molar refractivity (Wildman–Crippen MR) is 110 cm³/mol. The zero-order chi connectivity index (χ0) is 20.6. The molecule has 3 aromatic carbocycles. The van der Waals surface area contributed by atoms with Gasteiger partial charge in [-0.25, -0.2) is 4.79 Å². The van der Waals surface area contributed by atoms with Crippen molar-refractivity contribution in [2.24, 2.45) is 0 Å². The van der Waals surface area contributed by atoms with E-state index in [1.54, 1.807) is 30.3 Å². The van der Waals surface area contributed by atoms with Gasteiger partial charge in [-0.15, -0.1) is 0 Å². The van der Waals surface area contributed by atoms with Gasteiger partial charge in [0.2, 0.25) is 5.91 Å². The van der Waals surface area contributed by atoms with Gasteiger partial charge in [-0.3, -0.25) is 9.59 Å². The van der Waals surface area contributed by atoms with Crippen molar-refractivity contribution in [1.29, 1.82) is 0 Å². The Morgan fingerprint density at radius 2 is 1.59 bits per heavy atom. The van der Waals surface area contributed by atoms with Crippen molar-refractivity contribution in [3.8, 4) is 0 Å². The van der Waals surface area contributed by atoms with Gasteiger partial charge in [0, 0.05) is 12.0 Å². The number of carbonyl (C=O) groups excluding carboxylic acids is 3. The number of carbonyl (C=O) groups is 3. The summed E-state index contributed by atoms with van der Waals surface area (Å²) in [6.45, 7) is -0.239. The molecule has 2 amide bonds. The quantitative estimate of drug-likeness (QED) is 0.607. The first kappa shape index (κ1) is 20.1. The van der Waals surface area contributed by atoms with E-state index in [1.165, 1.54) is 7.11 Å². The summed E-state index contributed by atoms with van der Waals surface area (Å²) in [4.78, 5) is 36.6. The van der Waals surface area contributed by atoms with Crippen LogP contribution in [0.25, 0.3) is 10.8 Å². The lowest BCUT2D eigenvalue weighted by Crippen LogP contribution is -2.47. The summed E-state index contributed by atoms with van der Waals surface area (Å²) in [7, 11) is 1.28. The molecule has 0 saturated carbocycles. The van der Waals surface area contributed by atoms with E-state index in [4.69, 9.17) is 4.74 Å². The monoisotopic (exact) mass is 390 g/mol. The second-order valence-electron chi connectivity index (χ2n) is 6.53. The van der Waals surface area contributed by atoms with Crippen LogP contribution in [0.15, 0.2) is 72.8 Å². The fourth-order valence-corrected chi connectivity index (χ4v) is 3.12. The van der Waals surface area contributed by atoms with Crippen LogP contribution in [0.3, 0.4) is 0 Å². The lowest BCUT2D eigenvalue weighted by atomic mass is 9.98. The van der Waals surface area contributed by atoms with Crippen LogP contribution < -0.4 is 10.6 Å². The highest BCUT2D eigenvalue weighted by Gasteiger charge is 2.23. The molecule has 0 bridgehead atoms. The van der Waals surface area contributed by atoms with Crippen LogP contribution in [0.2, 0.25) is 0 Å². The maximum atomic E-state index is 12.3. The fourth-order valence-electron chi connectivity index (χ4n) is 3.12. The van der Waals surface area contributed by atoms with E-state index < -0.39 is 17.9 Å². The van der Waals surface area contributed by atoms with Gasteiger partial charge in [0.05, 0.1) is 13.7 Å². The number of hydrogen-bond acceptors (Lipinski definition) is 4. The summed E-state index contributed by atoms with van der Waals surface area (Å²) in [5, 5.41) is 7.27. The predicted octanol–water partition coefficient (Wildman–Crippen LogP) is 2.47. The van der Waals surface area contributed by atoms with E-state index in [1.807, 2.05) is 42.5 Å². The van der Waals surface area contributed by atoms with Crippen molar-refractivity contribution < 1.29 is 19.1 Å². The molecule has 3 aromatic rings. The van der Waals surface area contributed by atoms with Crippen molar-refractivity contribution in [2.45, 2.75) is 12.5 Å². The van der Waals surface area contributed by atoms with Gasteiger partial charge in [-0.2, -0.15) is 0 Å². The molecule has 0 heterocycles. The normalized spacial score (nSPS) is 11.5. The first-order valence-corrected chi connectivity index (χ1v) is 9.25. The third-order valence-corrected chi connectivity index (χ3v) is 4.57. The van der Waals surface area contributed by atoms with Crippen LogP contribution in [0.4, 0.5) is 0 Å². The molecule has 0 aromatic heterocycles.